The van der Waals surface area contributed by atoms with E-state index in [1.807, 2.05) is 13.8 Å². The Labute approximate surface area is 156 Å². The van der Waals surface area contributed by atoms with Crippen LogP contribution in [-0.2, 0) is 9.59 Å². The smallest absolute Gasteiger partial charge is 0.226 e. The van der Waals surface area contributed by atoms with Gasteiger partial charge in [0, 0.05) is 19.9 Å². The molecule has 0 fully saturated rings. The average molecular weight is 376 g/mol. The molecule has 0 radical (unpaired) electrons. The van der Waals surface area contributed by atoms with Gasteiger partial charge < -0.3 is 15.0 Å². The molecule has 2 rings (SSSR count). The highest BCUT2D eigenvalue weighted by Crippen LogP contribution is 2.29. The minimum absolute atomic E-state index is 0.0374. The van der Waals surface area contributed by atoms with E-state index in [0.29, 0.717) is 11.4 Å². The predicted octanol–water partition coefficient (Wildman–Crippen LogP) is 4.13. The van der Waals surface area contributed by atoms with Crippen molar-refractivity contribution in [2.75, 3.05) is 16.8 Å². The maximum absolute atomic E-state index is 13.6. The first kappa shape index (κ1) is 20.4. The Morgan fingerprint density at radius 1 is 1.07 bits per heavy atom. The fourth-order valence-electron chi connectivity index (χ4n) is 2.51. The van der Waals surface area contributed by atoms with Crippen LogP contribution in [0.5, 0.6) is 5.75 Å². The molecule has 0 saturated heterocycles. The highest BCUT2D eigenvalue weighted by atomic mass is 19.1. The maximum Gasteiger partial charge on any atom is 0.226 e. The van der Waals surface area contributed by atoms with Crippen LogP contribution in [0.15, 0.2) is 42.5 Å². The van der Waals surface area contributed by atoms with E-state index < -0.39 is 23.2 Å². The summed E-state index contributed by atoms with van der Waals surface area (Å²) in [5.74, 6) is -2.08. The van der Waals surface area contributed by atoms with Crippen LogP contribution in [0, 0.1) is 11.6 Å². The zero-order valence-electron chi connectivity index (χ0n) is 15.5. The molecule has 0 spiro atoms. The molecule has 0 aliphatic heterocycles. The molecule has 0 aromatic heterocycles. The number of benzene rings is 2. The van der Waals surface area contributed by atoms with Gasteiger partial charge >= 0.3 is 0 Å². The van der Waals surface area contributed by atoms with Crippen LogP contribution >= 0.6 is 0 Å². The number of para-hydroxylation sites is 3. The van der Waals surface area contributed by atoms with Gasteiger partial charge in [-0.15, -0.1) is 0 Å². The van der Waals surface area contributed by atoms with Gasteiger partial charge in [0.05, 0.1) is 11.8 Å². The van der Waals surface area contributed by atoms with E-state index >= 15 is 0 Å². The van der Waals surface area contributed by atoms with E-state index in [0.717, 1.165) is 12.1 Å². The molecule has 144 valence electrons. The fourth-order valence-corrected chi connectivity index (χ4v) is 2.51. The lowest BCUT2D eigenvalue weighted by molar-refractivity contribution is -0.117. The molecule has 2 amide bonds. The lowest BCUT2D eigenvalue weighted by atomic mass is 10.2. The predicted molar refractivity (Wildman–Crippen MR) is 99.8 cm³/mol. The molecule has 0 saturated carbocycles. The Morgan fingerprint density at radius 2 is 1.70 bits per heavy atom. The number of nitrogens with zero attached hydrogens (tertiary/aromatic N) is 1. The molecule has 7 heteroatoms. The number of carbonyl (C=O) groups excluding carboxylic acids is 2. The van der Waals surface area contributed by atoms with Gasteiger partial charge in [-0.3, -0.25) is 9.59 Å². The second kappa shape index (κ2) is 9.12. The third-order valence-electron chi connectivity index (χ3n) is 3.69. The summed E-state index contributed by atoms with van der Waals surface area (Å²) >= 11 is 0. The Balaban J connectivity index is 2.12. The molecular weight excluding hydrogens is 354 g/mol. The highest BCUT2D eigenvalue weighted by Gasteiger charge is 2.19. The van der Waals surface area contributed by atoms with Crippen molar-refractivity contribution < 1.29 is 23.1 Å². The number of rotatable bonds is 7. The SMILES string of the molecule is CC(=O)N(CCC(=O)Nc1c(F)cccc1F)c1ccccc1OC(C)C. The van der Waals surface area contributed by atoms with Crippen molar-refractivity contribution in [1.82, 2.24) is 0 Å². The van der Waals surface area contributed by atoms with Gasteiger partial charge in [-0.05, 0) is 38.1 Å². The Kier molecular flexibility index (Phi) is 6.87. The van der Waals surface area contributed by atoms with Crippen molar-refractivity contribution in [1.29, 1.82) is 0 Å². The molecule has 0 heterocycles. The van der Waals surface area contributed by atoms with Gasteiger partial charge in [0.1, 0.15) is 23.1 Å². The number of nitrogens with one attached hydrogen (secondary N) is 1. The molecule has 0 atom stereocenters. The third-order valence-corrected chi connectivity index (χ3v) is 3.69. The lowest BCUT2D eigenvalue weighted by Gasteiger charge is -2.24. The van der Waals surface area contributed by atoms with Gasteiger partial charge in [0.2, 0.25) is 11.8 Å². The molecule has 27 heavy (non-hydrogen) atoms. The normalized spacial score (nSPS) is 10.6. The van der Waals surface area contributed by atoms with E-state index in [-0.39, 0.29) is 25.0 Å². The van der Waals surface area contributed by atoms with Gasteiger partial charge in [-0.2, -0.15) is 0 Å². The summed E-state index contributed by atoms with van der Waals surface area (Å²) < 4.78 is 33.0. The van der Waals surface area contributed by atoms with Crippen molar-refractivity contribution in [2.45, 2.75) is 33.3 Å². The topological polar surface area (TPSA) is 58.6 Å². The van der Waals surface area contributed by atoms with E-state index in [9.17, 15) is 18.4 Å². The highest BCUT2D eigenvalue weighted by molar-refractivity contribution is 5.95. The van der Waals surface area contributed by atoms with Crippen molar-refractivity contribution in [3.63, 3.8) is 0 Å². The molecule has 5 nitrogen and oxygen atoms in total. The lowest BCUT2D eigenvalue weighted by Crippen LogP contribution is -2.32. The molecule has 0 unspecified atom stereocenters. The largest absolute Gasteiger partial charge is 0.489 e. The summed E-state index contributed by atoms with van der Waals surface area (Å²) in [5, 5.41) is 2.21. The first-order chi connectivity index (χ1) is 12.8. The standard InChI is InChI=1S/C20H22F2N2O3/c1-13(2)27-18-10-5-4-9-17(18)24(14(3)25)12-11-19(26)23-20-15(21)7-6-8-16(20)22/h4-10,13H,11-12H2,1-3H3,(H,23,26). The van der Waals surface area contributed by atoms with Crippen LogP contribution in [0.2, 0.25) is 0 Å². The summed E-state index contributed by atoms with van der Waals surface area (Å²) in [6.07, 6.45) is -0.226. The third kappa shape index (κ3) is 5.51. The van der Waals surface area contributed by atoms with Crippen LogP contribution in [0.3, 0.4) is 0 Å². The maximum atomic E-state index is 13.6. The molecule has 0 aliphatic carbocycles. The van der Waals surface area contributed by atoms with Crippen LogP contribution in [0.4, 0.5) is 20.2 Å². The Morgan fingerprint density at radius 3 is 2.30 bits per heavy atom. The van der Waals surface area contributed by atoms with Crippen molar-refractivity contribution >= 4 is 23.2 Å². The molecule has 1 N–H and O–H groups in total. The van der Waals surface area contributed by atoms with Crippen molar-refractivity contribution in [3.8, 4) is 5.75 Å². The number of ether oxygens (including phenoxy) is 1. The first-order valence-electron chi connectivity index (χ1n) is 8.57. The second-order valence-electron chi connectivity index (χ2n) is 6.20. The monoisotopic (exact) mass is 376 g/mol. The number of carbonyl (C=O) groups is 2. The zero-order chi connectivity index (χ0) is 20.0. The van der Waals surface area contributed by atoms with Gasteiger partial charge in [0.15, 0.2) is 0 Å². The number of hydrogen-bond acceptors (Lipinski definition) is 3. The van der Waals surface area contributed by atoms with Crippen molar-refractivity contribution in [2.24, 2.45) is 0 Å². The van der Waals surface area contributed by atoms with Gasteiger partial charge in [-0.25, -0.2) is 8.78 Å². The fraction of sp³-hybridized carbons (Fsp3) is 0.300. The van der Waals surface area contributed by atoms with E-state index in [4.69, 9.17) is 4.74 Å². The molecule has 0 aliphatic rings. The van der Waals surface area contributed by atoms with Crippen LogP contribution < -0.4 is 15.0 Å². The summed E-state index contributed by atoms with van der Waals surface area (Å²) in [5.41, 5.74) is 0.0315. The van der Waals surface area contributed by atoms with Gasteiger partial charge in [-0.1, -0.05) is 18.2 Å². The zero-order valence-corrected chi connectivity index (χ0v) is 15.5. The number of halogens is 2. The van der Waals surface area contributed by atoms with E-state index in [1.54, 1.807) is 24.3 Å². The number of amides is 2. The van der Waals surface area contributed by atoms with Crippen molar-refractivity contribution in [3.05, 3.63) is 54.1 Å². The minimum Gasteiger partial charge on any atom is -0.489 e. The summed E-state index contributed by atoms with van der Waals surface area (Å²) in [6, 6.07) is 10.3. The van der Waals surface area contributed by atoms with E-state index in [2.05, 4.69) is 5.32 Å². The Bertz CT molecular complexity index is 804. The van der Waals surface area contributed by atoms with E-state index in [1.165, 1.54) is 17.9 Å². The van der Waals surface area contributed by atoms with Crippen LogP contribution in [0.25, 0.3) is 0 Å². The van der Waals surface area contributed by atoms with Crippen LogP contribution in [-0.4, -0.2) is 24.5 Å². The van der Waals surface area contributed by atoms with Gasteiger partial charge in [0.25, 0.3) is 0 Å². The molecule has 2 aromatic rings. The number of anilines is 2. The summed E-state index contributed by atoms with van der Waals surface area (Å²) in [6.45, 7) is 5.15. The number of hydrogen-bond donors (Lipinski definition) is 1. The Hall–Kier alpha value is -2.96. The average Bonchev–Trinajstić information content (AvgIpc) is 2.59. The molecule has 2 aromatic carbocycles. The first-order valence-corrected chi connectivity index (χ1v) is 8.57. The quantitative estimate of drug-likeness (QED) is 0.790. The molecular formula is C20H22F2N2O3. The summed E-state index contributed by atoms with van der Waals surface area (Å²) in [4.78, 5) is 25.6. The second-order valence-corrected chi connectivity index (χ2v) is 6.20. The summed E-state index contributed by atoms with van der Waals surface area (Å²) in [7, 11) is 0. The van der Waals surface area contributed by atoms with Crippen LogP contribution in [0.1, 0.15) is 27.2 Å². The molecule has 0 bridgehead atoms. The minimum atomic E-state index is -0.859.